The van der Waals surface area contributed by atoms with E-state index < -0.39 is 0 Å². The van der Waals surface area contributed by atoms with Gasteiger partial charge in [-0.3, -0.25) is 14.5 Å². The second-order valence-electron chi connectivity index (χ2n) is 7.31. The minimum absolute atomic E-state index is 0.0339. The van der Waals surface area contributed by atoms with Gasteiger partial charge in [0.1, 0.15) is 0 Å². The first-order valence-electron chi connectivity index (χ1n) is 9.58. The third-order valence-corrected chi connectivity index (χ3v) is 5.56. The van der Waals surface area contributed by atoms with Crippen molar-refractivity contribution in [2.24, 2.45) is 5.92 Å². The fourth-order valence-electron chi connectivity index (χ4n) is 3.44. The van der Waals surface area contributed by atoms with Gasteiger partial charge in [0.15, 0.2) is 0 Å². The summed E-state index contributed by atoms with van der Waals surface area (Å²) in [6.45, 7) is 2.41. The zero-order valence-corrected chi connectivity index (χ0v) is 17.7. The van der Waals surface area contributed by atoms with E-state index >= 15 is 0 Å². The predicted octanol–water partition coefficient (Wildman–Crippen LogP) is 3.76. The molecule has 1 heterocycles. The van der Waals surface area contributed by atoms with Crippen molar-refractivity contribution in [3.8, 4) is 0 Å². The maximum Gasteiger partial charge on any atom is 0.236 e. The summed E-state index contributed by atoms with van der Waals surface area (Å²) < 4.78 is 1.03. The highest BCUT2D eigenvalue weighted by Gasteiger charge is 2.27. The maximum absolute atomic E-state index is 12.6. The fraction of sp³-hybridized carbons (Fsp3) is 0.364. The smallest absolute Gasteiger partial charge is 0.236 e. The number of nitrogens with one attached hydrogen (secondary N) is 1. The highest BCUT2D eigenvalue weighted by atomic mass is 79.9. The average Bonchev–Trinajstić information content (AvgIpc) is 2.70. The van der Waals surface area contributed by atoms with Crippen molar-refractivity contribution in [3.63, 3.8) is 0 Å². The van der Waals surface area contributed by atoms with Crippen LogP contribution in [0.5, 0.6) is 0 Å². The molecule has 1 aliphatic heterocycles. The molecule has 5 nitrogen and oxygen atoms in total. The van der Waals surface area contributed by atoms with E-state index in [1.807, 2.05) is 61.6 Å². The van der Waals surface area contributed by atoms with Crippen molar-refractivity contribution in [1.29, 1.82) is 0 Å². The molecule has 2 aromatic carbocycles. The first kappa shape index (κ1) is 20.6. The molecule has 0 aromatic heterocycles. The molecule has 3 rings (SSSR count). The lowest BCUT2D eigenvalue weighted by molar-refractivity contribution is -0.133. The molecule has 0 unspecified atom stereocenters. The number of likely N-dealkylation sites (N-methyl/N-ethyl adjacent to an activating group) is 1. The van der Waals surface area contributed by atoms with Crippen LogP contribution in [0.4, 0.5) is 5.69 Å². The van der Waals surface area contributed by atoms with E-state index in [-0.39, 0.29) is 17.7 Å². The summed E-state index contributed by atoms with van der Waals surface area (Å²) in [6, 6.07) is 17.5. The molecule has 1 fully saturated rings. The van der Waals surface area contributed by atoms with Gasteiger partial charge < -0.3 is 10.2 Å². The van der Waals surface area contributed by atoms with E-state index in [1.165, 1.54) is 0 Å². The molecule has 0 radical (unpaired) electrons. The molecule has 6 heteroatoms. The summed E-state index contributed by atoms with van der Waals surface area (Å²) in [7, 11) is 1.83. The third kappa shape index (κ3) is 5.91. The maximum atomic E-state index is 12.6. The first-order valence-corrected chi connectivity index (χ1v) is 10.4. The zero-order chi connectivity index (χ0) is 19.9. The van der Waals surface area contributed by atoms with Gasteiger partial charge in [0, 0.05) is 30.3 Å². The van der Waals surface area contributed by atoms with Crippen molar-refractivity contribution in [1.82, 2.24) is 9.80 Å². The van der Waals surface area contributed by atoms with Crippen molar-refractivity contribution >= 4 is 33.4 Å². The van der Waals surface area contributed by atoms with Crippen molar-refractivity contribution in [3.05, 3.63) is 64.6 Å². The van der Waals surface area contributed by atoms with Gasteiger partial charge >= 0.3 is 0 Å². The van der Waals surface area contributed by atoms with Crippen molar-refractivity contribution in [2.75, 3.05) is 32.0 Å². The van der Waals surface area contributed by atoms with E-state index in [9.17, 15) is 9.59 Å². The van der Waals surface area contributed by atoms with Gasteiger partial charge in [-0.1, -0.05) is 46.3 Å². The largest absolute Gasteiger partial charge is 0.340 e. The summed E-state index contributed by atoms with van der Waals surface area (Å²) in [4.78, 5) is 29.0. The Morgan fingerprint density at radius 2 is 1.86 bits per heavy atom. The number of nitrogens with zero attached hydrogens (tertiary/aromatic N) is 2. The Morgan fingerprint density at radius 3 is 2.57 bits per heavy atom. The highest BCUT2D eigenvalue weighted by molar-refractivity contribution is 9.10. The number of piperidine rings is 1. The van der Waals surface area contributed by atoms with Gasteiger partial charge in [0.05, 0.1) is 12.5 Å². The number of halogens is 1. The van der Waals surface area contributed by atoms with E-state index in [1.54, 1.807) is 4.90 Å². The number of benzene rings is 2. The van der Waals surface area contributed by atoms with Crippen LogP contribution < -0.4 is 5.32 Å². The summed E-state index contributed by atoms with van der Waals surface area (Å²) >= 11 is 3.42. The quantitative estimate of drug-likeness (QED) is 0.739. The van der Waals surface area contributed by atoms with Crippen LogP contribution in [0.15, 0.2) is 59.1 Å². The number of para-hydroxylation sites is 1. The molecular weight excluding hydrogens is 418 g/mol. The summed E-state index contributed by atoms with van der Waals surface area (Å²) in [5.41, 5.74) is 1.91. The van der Waals surface area contributed by atoms with Crippen molar-refractivity contribution < 1.29 is 9.59 Å². The molecule has 28 heavy (non-hydrogen) atoms. The predicted molar refractivity (Wildman–Crippen MR) is 115 cm³/mol. The molecular formula is C22H26BrN3O2. The van der Waals surface area contributed by atoms with Gasteiger partial charge in [-0.15, -0.1) is 0 Å². The molecule has 0 saturated carbocycles. The van der Waals surface area contributed by atoms with Gasteiger partial charge in [-0.2, -0.15) is 0 Å². The van der Waals surface area contributed by atoms with Gasteiger partial charge in [0.25, 0.3) is 0 Å². The molecule has 0 aliphatic carbocycles. The number of hydrogen-bond donors (Lipinski definition) is 1. The minimum atomic E-state index is -0.0847. The van der Waals surface area contributed by atoms with Crippen LogP contribution in [0.3, 0.4) is 0 Å². The third-order valence-electron chi connectivity index (χ3n) is 5.04. The van der Waals surface area contributed by atoms with Crippen LogP contribution >= 0.6 is 15.9 Å². The Kier molecular flexibility index (Phi) is 7.23. The number of carbonyl (C=O) groups is 2. The van der Waals surface area contributed by atoms with Crippen LogP contribution in [0.25, 0.3) is 0 Å². The Labute approximate surface area is 174 Å². The monoisotopic (exact) mass is 443 g/mol. The van der Waals surface area contributed by atoms with Crippen LogP contribution in [0, 0.1) is 5.92 Å². The standard InChI is InChI=1S/C22H26BrN3O2/c1-25(14-17-9-11-19(23)12-10-17)21(27)16-26-13-5-6-18(15-26)22(28)24-20-7-3-2-4-8-20/h2-4,7-12,18H,5-6,13-16H2,1H3,(H,24,28)/t18-/m0/s1. The van der Waals surface area contributed by atoms with E-state index in [2.05, 4.69) is 26.1 Å². The normalized spacial score (nSPS) is 17.1. The van der Waals surface area contributed by atoms with Crippen LogP contribution in [0.2, 0.25) is 0 Å². The molecule has 2 aromatic rings. The molecule has 148 valence electrons. The lowest BCUT2D eigenvalue weighted by Crippen LogP contribution is -2.45. The van der Waals surface area contributed by atoms with E-state index in [0.29, 0.717) is 19.6 Å². The zero-order valence-electron chi connectivity index (χ0n) is 16.1. The lowest BCUT2D eigenvalue weighted by Gasteiger charge is -2.32. The van der Waals surface area contributed by atoms with Gasteiger partial charge in [-0.05, 0) is 49.2 Å². The molecule has 1 aliphatic rings. The van der Waals surface area contributed by atoms with Crippen LogP contribution in [-0.4, -0.2) is 48.3 Å². The summed E-state index contributed by atoms with van der Waals surface area (Å²) in [5.74, 6) is 0.0251. The molecule has 0 spiro atoms. The Morgan fingerprint density at radius 1 is 1.14 bits per heavy atom. The van der Waals surface area contributed by atoms with E-state index in [0.717, 1.165) is 35.1 Å². The van der Waals surface area contributed by atoms with E-state index in [4.69, 9.17) is 0 Å². The number of amides is 2. The second kappa shape index (κ2) is 9.85. The second-order valence-corrected chi connectivity index (χ2v) is 8.22. The topological polar surface area (TPSA) is 52.7 Å². The number of hydrogen-bond acceptors (Lipinski definition) is 3. The summed E-state index contributed by atoms with van der Waals surface area (Å²) in [6.07, 6.45) is 1.79. The average molecular weight is 444 g/mol. The lowest BCUT2D eigenvalue weighted by atomic mass is 9.97. The van der Waals surface area contributed by atoms with Gasteiger partial charge in [0.2, 0.25) is 11.8 Å². The first-order chi connectivity index (χ1) is 13.5. The minimum Gasteiger partial charge on any atom is -0.340 e. The summed E-state index contributed by atoms with van der Waals surface area (Å²) in [5, 5.41) is 2.98. The molecule has 0 bridgehead atoms. The number of carbonyl (C=O) groups excluding carboxylic acids is 2. The molecule has 1 saturated heterocycles. The molecule has 2 amide bonds. The molecule has 1 N–H and O–H groups in total. The molecule has 1 atom stereocenters. The fourth-order valence-corrected chi connectivity index (χ4v) is 3.71. The van der Waals surface area contributed by atoms with Crippen LogP contribution in [-0.2, 0) is 16.1 Å². The highest BCUT2D eigenvalue weighted by Crippen LogP contribution is 2.19. The SMILES string of the molecule is CN(Cc1ccc(Br)cc1)C(=O)CN1CCC[C@H](C(=O)Nc2ccccc2)C1. The van der Waals surface area contributed by atoms with Crippen LogP contribution in [0.1, 0.15) is 18.4 Å². The number of anilines is 1. The number of rotatable bonds is 6. The number of likely N-dealkylation sites (tertiary alicyclic amines) is 1. The Balaban J connectivity index is 1.50. The van der Waals surface area contributed by atoms with Crippen molar-refractivity contribution in [2.45, 2.75) is 19.4 Å². The Hall–Kier alpha value is -2.18. The Bertz CT molecular complexity index is 795. The van der Waals surface area contributed by atoms with Gasteiger partial charge in [-0.25, -0.2) is 0 Å².